The van der Waals surface area contributed by atoms with Crippen LogP contribution in [-0.2, 0) is 9.59 Å². The first kappa shape index (κ1) is 27.3. The molecule has 2 rings (SSSR count). The number of nitrogens with two attached hydrogens (primary N) is 1. The van der Waals surface area contributed by atoms with Crippen molar-refractivity contribution in [1.29, 1.82) is 0 Å². The number of nitrogens with one attached hydrogen (secondary N) is 1. The van der Waals surface area contributed by atoms with E-state index in [1.807, 2.05) is 45.4 Å². The van der Waals surface area contributed by atoms with Crippen LogP contribution in [-0.4, -0.2) is 90.1 Å². The smallest absolute Gasteiger partial charge is 0.290 e. The highest BCUT2D eigenvalue weighted by Crippen LogP contribution is 2.22. The van der Waals surface area contributed by atoms with Crippen LogP contribution in [0.15, 0.2) is 30.3 Å². The molecule has 1 aromatic carbocycles. The van der Waals surface area contributed by atoms with E-state index in [0.717, 1.165) is 18.5 Å². The van der Waals surface area contributed by atoms with Gasteiger partial charge in [-0.05, 0) is 39.2 Å². The Bertz CT molecular complexity index is 825. The van der Waals surface area contributed by atoms with E-state index in [1.165, 1.54) is 0 Å². The highest BCUT2D eigenvalue weighted by Gasteiger charge is 2.13. The predicted octanol–water partition coefficient (Wildman–Crippen LogP) is 1.19. The van der Waals surface area contributed by atoms with Crippen LogP contribution < -0.4 is 11.1 Å². The van der Waals surface area contributed by atoms with E-state index in [4.69, 9.17) is 25.5 Å². The van der Waals surface area contributed by atoms with Gasteiger partial charge in [0.05, 0.1) is 5.69 Å². The third kappa shape index (κ3) is 10.6. The van der Waals surface area contributed by atoms with Crippen molar-refractivity contribution in [2.75, 3.05) is 52.3 Å². The SMILES string of the molecule is CNc1cc(-c2cccc(C(=O)N(C)CCCN(C)C)c2)nc(N)n1.O=CO.O=CO. The number of hydrogen-bond donors (Lipinski definition) is 4. The summed E-state index contributed by atoms with van der Waals surface area (Å²) < 4.78 is 0. The van der Waals surface area contributed by atoms with E-state index in [0.29, 0.717) is 23.6 Å². The number of anilines is 2. The molecule has 1 aromatic heterocycles. The molecule has 0 aliphatic heterocycles. The van der Waals surface area contributed by atoms with Gasteiger partial charge in [0.15, 0.2) is 0 Å². The number of carboxylic acid groups (broad SMARTS) is 2. The summed E-state index contributed by atoms with van der Waals surface area (Å²) in [6.07, 6.45) is 0.933. The predicted molar refractivity (Wildman–Crippen MR) is 119 cm³/mol. The second-order valence-electron chi connectivity index (χ2n) is 6.42. The molecule has 1 heterocycles. The van der Waals surface area contributed by atoms with Crippen LogP contribution in [0.1, 0.15) is 16.8 Å². The molecule has 11 nitrogen and oxygen atoms in total. The first-order valence-corrected chi connectivity index (χ1v) is 9.22. The van der Waals surface area contributed by atoms with E-state index in [2.05, 4.69) is 20.2 Å². The fourth-order valence-electron chi connectivity index (χ4n) is 2.50. The first-order chi connectivity index (χ1) is 14.7. The van der Waals surface area contributed by atoms with E-state index in [1.54, 1.807) is 18.0 Å². The molecule has 0 saturated carbocycles. The summed E-state index contributed by atoms with van der Waals surface area (Å²) >= 11 is 0. The highest BCUT2D eigenvalue weighted by molar-refractivity contribution is 5.95. The molecule has 5 N–H and O–H groups in total. The Hall–Kier alpha value is -3.73. The molecule has 0 bridgehead atoms. The number of carbonyl (C=O) groups excluding carboxylic acids is 1. The van der Waals surface area contributed by atoms with Crippen molar-refractivity contribution in [2.24, 2.45) is 0 Å². The minimum absolute atomic E-state index is 0.00326. The van der Waals surface area contributed by atoms with Gasteiger partial charge < -0.3 is 31.1 Å². The zero-order valence-electron chi connectivity index (χ0n) is 18.1. The van der Waals surface area contributed by atoms with E-state index < -0.39 is 0 Å². The topological polar surface area (TPSA) is 162 Å². The quantitative estimate of drug-likeness (QED) is 0.466. The zero-order valence-corrected chi connectivity index (χ0v) is 18.1. The maximum atomic E-state index is 12.6. The first-order valence-electron chi connectivity index (χ1n) is 9.22. The van der Waals surface area contributed by atoms with Crippen molar-refractivity contribution in [2.45, 2.75) is 6.42 Å². The minimum atomic E-state index is -0.250. The molecule has 0 fully saturated rings. The van der Waals surface area contributed by atoms with Crippen molar-refractivity contribution in [1.82, 2.24) is 19.8 Å². The summed E-state index contributed by atoms with van der Waals surface area (Å²) in [7, 11) is 7.65. The lowest BCUT2D eigenvalue weighted by Crippen LogP contribution is -2.29. The molecule has 0 atom stereocenters. The Balaban J connectivity index is 0.00000134. The third-order valence-electron chi connectivity index (χ3n) is 3.85. The highest BCUT2D eigenvalue weighted by atomic mass is 16.3. The standard InChI is InChI=1S/C18H26N6O.2CH2O2/c1-20-16-12-15(21-18(19)22-16)13-7-5-8-14(11-13)17(25)24(4)10-6-9-23(2)3;2*2-1-3/h5,7-8,11-12H,6,9-10H2,1-4H3,(H3,19,20,21,22);2*1H,(H,2,3). The number of hydrogen-bond acceptors (Lipinski definition) is 8. The average molecular weight is 434 g/mol. The van der Waals surface area contributed by atoms with Crippen LogP contribution in [0, 0.1) is 0 Å². The Morgan fingerprint density at radius 3 is 2.26 bits per heavy atom. The van der Waals surface area contributed by atoms with Gasteiger partial charge in [-0.3, -0.25) is 14.4 Å². The lowest BCUT2D eigenvalue weighted by molar-refractivity contribution is -0.123. The van der Waals surface area contributed by atoms with Crippen LogP contribution in [0.3, 0.4) is 0 Å². The Morgan fingerprint density at radius 1 is 1.10 bits per heavy atom. The molecule has 31 heavy (non-hydrogen) atoms. The Morgan fingerprint density at radius 2 is 1.71 bits per heavy atom. The summed E-state index contributed by atoms with van der Waals surface area (Å²) in [5.41, 5.74) is 7.90. The summed E-state index contributed by atoms with van der Waals surface area (Å²) in [6, 6.07) is 9.22. The second kappa shape index (κ2) is 15.2. The largest absolute Gasteiger partial charge is 0.483 e. The fourth-order valence-corrected chi connectivity index (χ4v) is 2.50. The molecule has 170 valence electrons. The van der Waals surface area contributed by atoms with Crippen LogP contribution in [0.5, 0.6) is 0 Å². The molecule has 0 radical (unpaired) electrons. The normalized spacial score (nSPS) is 9.45. The minimum Gasteiger partial charge on any atom is -0.483 e. The maximum absolute atomic E-state index is 12.6. The third-order valence-corrected chi connectivity index (χ3v) is 3.85. The zero-order chi connectivity index (χ0) is 23.8. The molecule has 1 amide bonds. The van der Waals surface area contributed by atoms with Crippen molar-refractivity contribution in [3.63, 3.8) is 0 Å². The molecule has 0 aliphatic rings. The van der Waals surface area contributed by atoms with Gasteiger partial charge in [0.2, 0.25) is 5.95 Å². The molecule has 11 heteroatoms. The molecular weight excluding hydrogens is 404 g/mol. The lowest BCUT2D eigenvalue weighted by atomic mass is 10.1. The van der Waals surface area contributed by atoms with Gasteiger partial charge in [0.25, 0.3) is 18.9 Å². The van der Waals surface area contributed by atoms with Crippen LogP contribution in [0.4, 0.5) is 11.8 Å². The average Bonchev–Trinajstić information content (AvgIpc) is 2.73. The fraction of sp³-hybridized carbons (Fsp3) is 0.350. The molecule has 0 aliphatic carbocycles. The Labute approximate surface area is 181 Å². The molecule has 0 spiro atoms. The van der Waals surface area contributed by atoms with Crippen LogP contribution in [0.2, 0.25) is 0 Å². The van der Waals surface area contributed by atoms with Gasteiger partial charge in [-0.25, -0.2) is 4.98 Å². The van der Waals surface area contributed by atoms with Gasteiger partial charge in [0, 0.05) is 37.8 Å². The molecule has 2 aromatic rings. The summed E-state index contributed by atoms with van der Waals surface area (Å²) in [4.78, 5) is 41.6. The number of nitrogens with zero attached hydrogens (tertiary/aromatic N) is 4. The number of rotatable bonds is 7. The molecule has 0 saturated heterocycles. The monoisotopic (exact) mass is 434 g/mol. The van der Waals surface area contributed by atoms with Gasteiger partial charge in [-0.2, -0.15) is 4.98 Å². The van der Waals surface area contributed by atoms with Crippen LogP contribution in [0.25, 0.3) is 11.3 Å². The maximum Gasteiger partial charge on any atom is 0.290 e. The number of amides is 1. The summed E-state index contributed by atoms with van der Waals surface area (Å²) in [6.45, 7) is 1.16. The lowest BCUT2D eigenvalue weighted by Gasteiger charge is -2.19. The van der Waals surface area contributed by atoms with Gasteiger partial charge in [-0.1, -0.05) is 12.1 Å². The number of benzene rings is 1. The van der Waals surface area contributed by atoms with E-state index in [9.17, 15) is 4.79 Å². The molecule has 0 unspecified atom stereocenters. The van der Waals surface area contributed by atoms with Crippen molar-refractivity contribution < 1.29 is 24.6 Å². The van der Waals surface area contributed by atoms with Gasteiger partial charge in [-0.15, -0.1) is 0 Å². The molecular formula is C20H30N6O5. The van der Waals surface area contributed by atoms with Gasteiger partial charge >= 0.3 is 0 Å². The van der Waals surface area contributed by atoms with Crippen molar-refractivity contribution >= 4 is 30.6 Å². The second-order valence-corrected chi connectivity index (χ2v) is 6.42. The summed E-state index contributed by atoms with van der Waals surface area (Å²) in [5, 5.41) is 16.7. The van der Waals surface area contributed by atoms with E-state index >= 15 is 0 Å². The summed E-state index contributed by atoms with van der Waals surface area (Å²) in [5.74, 6) is 0.830. The van der Waals surface area contributed by atoms with Gasteiger partial charge in [0.1, 0.15) is 5.82 Å². The number of nitrogen functional groups attached to an aromatic ring is 1. The number of aromatic nitrogens is 2. The Kier molecular flexibility index (Phi) is 13.3. The van der Waals surface area contributed by atoms with E-state index in [-0.39, 0.29) is 24.8 Å². The van der Waals surface area contributed by atoms with Crippen molar-refractivity contribution in [3.05, 3.63) is 35.9 Å². The van der Waals surface area contributed by atoms with Crippen LogP contribution >= 0.6 is 0 Å². The van der Waals surface area contributed by atoms with Crippen molar-refractivity contribution in [3.8, 4) is 11.3 Å². The number of carbonyl (C=O) groups is 3.